The molecule has 4 heteroatoms. The summed E-state index contributed by atoms with van der Waals surface area (Å²) >= 11 is 0. The zero-order chi connectivity index (χ0) is 16.2. The van der Waals surface area contributed by atoms with Gasteiger partial charge in [0.2, 0.25) is 5.91 Å². The van der Waals surface area contributed by atoms with Crippen LogP contribution in [0.2, 0.25) is 0 Å². The molecule has 0 aliphatic carbocycles. The maximum atomic E-state index is 12.6. The van der Waals surface area contributed by atoms with E-state index in [9.17, 15) is 4.79 Å². The van der Waals surface area contributed by atoms with Crippen molar-refractivity contribution in [3.05, 3.63) is 52.9 Å². The minimum Gasteiger partial charge on any atom is -0.361 e. The minimum absolute atomic E-state index is 0.253. The Balaban J connectivity index is 1.60. The molecule has 2 aromatic rings. The fraction of sp³-hybridized carbons (Fsp3) is 0.474. The number of amides is 1. The van der Waals surface area contributed by atoms with Gasteiger partial charge in [-0.15, -0.1) is 0 Å². The molecule has 0 saturated carbocycles. The Morgan fingerprint density at radius 2 is 2.09 bits per heavy atom. The minimum atomic E-state index is 0.253. The highest BCUT2D eigenvalue weighted by Gasteiger charge is 2.28. The summed E-state index contributed by atoms with van der Waals surface area (Å²) in [5, 5.41) is 3.96. The second kappa shape index (κ2) is 6.99. The van der Waals surface area contributed by atoms with Crippen LogP contribution in [0.5, 0.6) is 0 Å². The van der Waals surface area contributed by atoms with Gasteiger partial charge in [0.25, 0.3) is 0 Å². The number of rotatable bonds is 5. The molecule has 2 heterocycles. The van der Waals surface area contributed by atoms with Gasteiger partial charge in [0, 0.05) is 24.6 Å². The summed E-state index contributed by atoms with van der Waals surface area (Å²) < 4.78 is 5.18. The van der Waals surface area contributed by atoms with E-state index in [1.165, 1.54) is 5.56 Å². The van der Waals surface area contributed by atoms with Gasteiger partial charge in [-0.2, -0.15) is 0 Å². The lowest BCUT2D eigenvalue weighted by Crippen LogP contribution is -2.36. The Morgan fingerprint density at radius 1 is 1.30 bits per heavy atom. The number of carbonyl (C=O) groups is 1. The first kappa shape index (κ1) is 15.8. The molecule has 1 aliphatic heterocycles. The molecule has 0 radical (unpaired) electrons. The van der Waals surface area contributed by atoms with Crippen LogP contribution in [0.1, 0.15) is 41.8 Å². The third kappa shape index (κ3) is 3.63. The molecule has 1 unspecified atom stereocenters. The highest BCUT2D eigenvalue weighted by atomic mass is 16.5. The molecule has 0 bridgehead atoms. The first-order valence-corrected chi connectivity index (χ1v) is 8.40. The third-order valence-corrected chi connectivity index (χ3v) is 4.78. The SMILES string of the molecule is Cc1noc(C)c1CCC(=O)N1CCCC1Cc1ccccc1. The van der Waals surface area contributed by atoms with Crippen LogP contribution in [0.3, 0.4) is 0 Å². The number of benzene rings is 1. The smallest absolute Gasteiger partial charge is 0.223 e. The predicted molar refractivity (Wildman–Crippen MR) is 89.2 cm³/mol. The van der Waals surface area contributed by atoms with E-state index in [2.05, 4.69) is 34.3 Å². The van der Waals surface area contributed by atoms with Crippen molar-refractivity contribution in [3.63, 3.8) is 0 Å². The molecule has 0 N–H and O–H groups in total. The van der Waals surface area contributed by atoms with E-state index in [-0.39, 0.29) is 5.91 Å². The molecule has 122 valence electrons. The highest BCUT2D eigenvalue weighted by Crippen LogP contribution is 2.23. The molecular weight excluding hydrogens is 288 g/mol. The zero-order valence-corrected chi connectivity index (χ0v) is 13.9. The maximum Gasteiger partial charge on any atom is 0.223 e. The summed E-state index contributed by atoms with van der Waals surface area (Å²) in [6, 6.07) is 10.8. The lowest BCUT2D eigenvalue weighted by Gasteiger charge is -2.25. The van der Waals surface area contributed by atoms with E-state index in [1.807, 2.05) is 19.9 Å². The van der Waals surface area contributed by atoms with Gasteiger partial charge in [-0.05, 0) is 45.1 Å². The highest BCUT2D eigenvalue weighted by molar-refractivity contribution is 5.77. The van der Waals surface area contributed by atoms with Gasteiger partial charge in [0.15, 0.2) is 0 Å². The molecule has 23 heavy (non-hydrogen) atoms. The van der Waals surface area contributed by atoms with Crippen molar-refractivity contribution >= 4 is 5.91 Å². The van der Waals surface area contributed by atoms with E-state index in [0.717, 1.165) is 42.8 Å². The average molecular weight is 312 g/mol. The molecule has 1 atom stereocenters. The monoisotopic (exact) mass is 312 g/mol. The Kier molecular flexibility index (Phi) is 4.79. The molecule has 1 aromatic heterocycles. The topological polar surface area (TPSA) is 46.3 Å². The quantitative estimate of drug-likeness (QED) is 0.849. The van der Waals surface area contributed by atoms with Crippen molar-refractivity contribution in [2.45, 2.75) is 52.0 Å². The third-order valence-electron chi connectivity index (χ3n) is 4.78. The van der Waals surface area contributed by atoms with Gasteiger partial charge in [0.1, 0.15) is 5.76 Å². The summed E-state index contributed by atoms with van der Waals surface area (Å²) in [5.41, 5.74) is 3.29. The predicted octanol–water partition coefficient (Wildman–Crippen LogP) is 3.46. The summed E-state index contributed by atoms with van der Waals surface area (Å²) in [7, 11) is 0. The van der Waals surface area contributed by atoms with Crippen molar-refractivity contribution in [1.29, 1.82) is 0 Å². The molecule has 1 aromatic carbocycles. The van der Waals surface area contributed by atoms with Crippen LogP contribution in [0.15, 0.2) is 34.9 Å². The normalized spacial score (nSPS) is 17.7. The molecular formula is C19H24N2O2. The number of nitrogens with zero attached hydrogens (tertiary/aromatic N) is 2. The number of aromatic nitrogens is 1. The van der Waals surface area contributed by atoms with Crippen molar-refractivity contribution < 1.29 is 9.32 Å². The standard InChI is InChI=1S/C19H24N2O2/c1-14-18(15(2)23-20-14)10-11-19(22)21-12-6-9-17(21)13-16-7-4-3-5-8-16/h3-5,7-8,17H,6,9-13H2,1-2H3. The van der Waals surface area contributed by atoms with Crippen LogP contribution in [0.4, 0.5) is 0 Å². The molecule has 1 amide bonds. The second-order valence-corrected chi connectivity index (χ2v) is 6.38. The van der Waals surface area contributed by atoms with Crippen molar-refractivity contribution in [3.8, 4) is 0 Å². The van der Waals surface area contributed by atoms with Crippen LogP contribution < -0.4 is 0 Å². The maximum absolute atomic E-state index is 12.6. The Labute approximate surface area is 137 Å². The van der Waals surface area contributed by atoms with Crippen LogP contribution >= 0.6 is 0 Å². The molecule has 0 spiro atoms. The second-order valence-electron chi connectivity index (χ2n) is 6.38. The molecule has 1 saturated heterocycles. The van der Waals surface area contributed by atoms with Gasteiger partial charge in [-0.1, -0.05) is 35.5 Å². The zero-order valence-electron chi connectivity index (χ0n) is 13.9. The van der Waals surface area contributed by atoms with Crippen LogP contribution in [0.25, 0.3) is 0 Å². The van der Waals surface area contributed by atoms with E-state index < -0.39 is 0 Å². The summed E-state index contributed by atoms with van der Waals surface area (Å²) in [6.45, 7) is 4.73. The first-order valence-electron chi connectivity index (χ1n) is 8.40. The summed E-state index contributed by atoms with van der Waals surface area (Å²) in [4.78, 5) is 14.7. The number of hydrogen-bond donors (Lipinski definition) is 0. The Hall–Kier alpha value is -2.10. The van der Waals surface area contributed by atoms with Gasteiger partial charge in [-0.3, -0.25) is 4.79 Å². The fourth-order valence-corrected chi connectivity index (χ4v) is 3.50. The largest absolute Gasteiger partial charge is 0.361 e. The number of likely N-dealkylation sites (tertiary alicyclic amines) is 1. The molecule has 4 nitrogen and oxygen atoms in total. The Bertz CT molecular complexity index is 644. The first-order chi connectivity index (χ1) is 11.1. The lowest BCUT2D eigenvalue weighted by molar-refractivity contribution is -0.131. The molecule has 1 aliphatic rings. The summed E-state index contributed by atoms with van der Waals surface area (Å²) in [6.07, 6.45) is 4.42. The fourth-order valence-electron chi connectivity index (χ4n) is 3.50. The van der Waals surface area contributed by atoms with Gasteiger partial charge >= 0.3 is 0 Å². The van der Waals surface area contributed by atoms with Crippen molar-refractivity contribution in [2.24, 2.45) is 0 Å². The van der Waals surface area contributed by atoms with Crippen molar-refractivity contribution in [2.75, 3.05) is 6.54 Å². The number of hydrogen-bond acceptors (Lipinski definition) is 3. The molecule has 1 fully saturated rings. The average Bonchev–Trinajstić information content (AvgIpc) is 3.14. The molecule has 3 rings (SSSR count). The van der Waals surface area contributed by atoms with E-state index >= 15 is 0 Å². The van der Waals surface area contributed by atoms with Crippen LogP contribution in [-0.2, 0) is 17.6 Å². The van der Waals surface area contributed by atoms with Crippen molar-refractivity contribution in [1.82, 2.24) is 10.1 Å². The Morgan fingerprint density at radius 3 is 2.78 bits per heavy atom. The number of aryl methyl sites for hydroxylation is 2. The van der Waals surface area contributed by atoms with Gasteiger partial charge in [-0.25, -0.2) is 0 Å². The lowest BCUT2D eigenvalue weighted by atomic mass is 10.0. The number of carbonyl (C=O) groups excluding carboxylic acids is 1. The van der Waals surface area contributed by atoms with Crippen LogP contribution in [-0.4, -0.2) is 28.6 Å². The van der Waals surface area contributed by atoms with Gasteiger partial charge in [0.05, 0.1) is 5.69 Å². The van der Waals surface area contributed by atoms with Crippen LogP contribution in [0, 0.1) is 13.8 Å². The van der Waals surface area contributed by atoms with Gasteiger partial charge < -0.3 is 9.42 Å². The van der Waals surface area contributed by atoms with E-state index in [1.54, 1.807) is 0 Å². The summed E-state index contributed by atoms with van der Waals surface area (Å²) in [5.74, 6) is 1.08. The van der Waals surface area contributed by atoms with E-state index in [0.29, 0.717) is 18.9 Å². The van der Waals surface area contributed by atoms with E-state index in [4.69, 9.17) is 4.52 Å².